The maximum Gasteiger partial charge on any atom is 0.234 e. The summed E-state index contributed by atoms with van der Waals surface area (Å²) in [6.45, 7) is 6.45. The third-order valence-electron chi connectivity index (χ3n) is 4.56. The standard InChI is InChI=1S/C17H26N6O/c1-4-12(2)14-9-15(22-21-14)19-16-10-18-11-17(20-16)24-13-5-7-23(3)8-6-13/h9-13H,4-8H2,1-3H3,(H2,19,20,21,22). The fourth-order valence-corrected chi connectivity index (χ4v) is 2.74. The number of likely N-dealkylation sites (tertiary alicyclic amines) is 1. The van der Waals surface area contributed by atoms with Crippen LogP contribution >= 0.6 is 0 Å². The zero-order valence-corrected chi connectivity index (χ0v) is 14.6. The molecule has 1 aliphatic rings. The first-order valence-electron chi connectivity index (χ1n) is 8.63. The lowest BCUT2D eigenvalue weighted by atomic mass is 10.1. The highest BCUT2D eigenvalue weighted by molar-refractivity contribution is 5.51. The summed E-state index contributed by atoms with van der Waals surface area (Å²) in [7, 11) is 2.14. The molecule has 0 aromatic carbocycles. The Morgan fingerprint density at radius 2 is 2.12 bits per heavy atom. The van der Waals surface area contributed by atoms with Gasteiger partial charge in [-0.15, -0.1) is 0 Å². The van der Waals surface area contributed by atoms with Gasteiger partial charge in [0.25, 0.3) is 0 Å². The van der Waals surface area contributed by atoms with E-state index < -0.39 is 0 Å². The van der Waals surface area contributed by atoms with Crippen LogP contribution in [0.1, 0.15) is 44.7 Å². The summed E-state index contributed by atoms with van der Waals surface area (Å²) in [6.07, 6.45) is 6.67. The molecule has 130 valence electrons. The van der Waals surface area contributed by atoms with Crippen molar-refractivity contribution in [3.8, 4) is 5.88 Å². The quantitative estimate of drug-likeness (QED) is 0.848. The Balaban J connectivity index is 1.61. The predicted molar refractivity (Wildman–Crippen MR) is 93.8 cm³/mol. The van der Waals surface area contributed by atoms with Crippen molar-refractivity contribution in [1.82, 2.24) is 25.1 Å². The van der Waals surface area contributed by atoms with Crippen molar-refractivity contribution in [2.24, 2.45) is 0 Å². The van der Waals surface area contributed by atoms with Crippen LogP contribution in [0.25, 0.3) is 0 Å². The van der Waals surface area contributed by atoms with E-state index in [1.165, 1.54) is 0 Å². The van der Waals surface area contributed by atoms with Crippen molar-refractivity contribution in [3.05, 3.63) is 24.2 Å². The van der Waals surface area contributed by atoms with Crippen LogP contribution < -0.4 is 10.1 Å². The van der Waals surface area contributed by atoms with Gasteiger partial charge in [-0.25, -0.2) is 0 Å². The van der Waals surface area contributed by atoms with Crippen molar-refractivity contribution in [2.75, 3.05) is 25.5 Å². The van der Waals surface area contributed by atoms with Crippen LogP contribution in [0, 0.1) is 0 Å². The van der Waals surface area contributed by atoms with Gasteiger partial charge in [0.1, 0.15) is 6.10 Å². The van der Waals surface area contributed by atoms with Gasteiger partial charge < -0.3 is 15.0 Å². The van der Waals surface area contributed by atoms with Crippen LogP contribution in [0.15, 0.2) is 18.5 Å². The molecule has 7 heteroatoms. The Kier molecular flexibility index (Phi) is 5.30. The van der Waals surface area contributed by atoms with Crippen LogP contribution in [0.3, 0.4) is 0 Å². The van der Waals surface area contributed by atoms with Crippen LogP contribution in [0.2, 0.25) is 0 Å². The summed E-state index contributed by atoms with van der Waals surface area (Å²) in [5, 5.41) is 10.5. The molecule has 1 fully saturated rings. The van der Waals surface area contributed by atoms with Gasteiger partial charge in [-0.3, -0.25) is 10.1 Å². The monoisotopic (exact) mass is 330 g/mol. The zero-order valence-electron chi connectivity index (χ0n) is 14.6. The van der Waals surface area contributed by atoms with E-state index in [0.717, 1.165) is 43.9 Å². The van der Waals surface area contributed by atoms with Gasteiger partial charge in [0.05, 0.1) is 12.4 Å². The van der Waals surface area contributed by atoms with Crippen LogP contribution in [-0.4, -0.2) is 51.3 Å². The normalized spacial score (nSPS) is 17.6. The largest absolute Gasteiger partial charge is 0.473 e. The first kappa shape index (κ1) is 16.7. The Hall–Kier alpha value is -2.15. The average molecular weight is 330 g/mol. The molecule has 0 aliphatic carbocycles. The molecule has 1 atom stereocenters. The van der Waals surface area contributed by atoms with Crippen LogP contribution in [0.5, 0.6) is 5.88 Å². The number of piperidine rings is 1. The van der Waals surface area contributed by atoms with Crippen LogP contribution in [-0.2, 0) is 0 Å². The molecule has 2 N–H and O–H groups in total. The van der Waals surface area contributed by atoms with Crippen molar-refractivity contribution >= 4 is 11.6 Å². The molecule has 0 spiro atoms. The van der Waals surface area contributed by atoms with Crippen molar-refractivity contribution in [1.29, 1.82) is 0 Å². The van der Waals surface area contributed by atoms with E-state index in [0.29, 0.717) is 17.6 Å². The van der Waals surface area contributed by atoms with E-state index in [9.17, 15) is 0 Å². The van der Waals surface area contributed by atoms with Gasteiger partial charge in [-0.05, 0) is 32.2 Å². The highest BCUT2D eigenvalue weighted by Gasteiger charge is 2.18. The van der Waals surface area contributed by atoms with Crippen LogP contribution in [0.4, 0.5) is 11.6 Å². The Bertz CT molecular complexity index is 650. The Labute approximate surface area is 142 Å². The molecule has 0 amide bonds. The van der Waals surface area contributed by atoms with E-state index in [4.69, 9.17) is 4.74 Å². The number of rotatable bonds is 6. The lowest BCUT2D eigenvalue weighted by Crippen LogP contribution is -2.35. The van der Waals surface area contributed by atoms with E-state index >= 15 is 0 Å². The highest BCUT2D eigenvalue weighted by Crippen LogP contribution is 2.22. The summed E-state index contributed by atoms with van der Waals surface area (Å²) < 4.78 is 5.97. The van der Waals surface area contributed by atoms with Gasteiger partial charge in [-0.2, -0.15) is 10.1 Å². The lowest BCUT2D eigenvalue weighted by molar-refractivity contribution is 0.110. The minimum atomic E-state index is 0.216. The zero-order chi connectivity index (χ0) is 16.9. The number of hydrogen-bond donors (Lipinski definition) is 2. The number of hydrogen-bond acceptors (Lipinski definition) is 6. The third-order valence-corrected chi connectivity index (χ3v) is 4.56. The first-order chi connectivity index (χ1) is 11.6. The number of anilines is 2. The molecule has 3 rings (SSSR count). The number of ether oxygens (including phenoxy) is 1. The third kappa shape index (κ3) is 4.23. The lowest BCUT2D eigenvalue weighted by Gasteiger charge is -2.28. The molecule has 1 aliphatic heterocycles. The number of nitrogens with one attached hydrogen (secondary N) is 2. The molecule has 2 aromatic rings. The van der Waals surface area contributed by atoms with Gasteiger partial charge >= 0.3 is 0 Å². The summed E-state index contributed by atoms with van der Waals surface area (Å²) in [5.74, 6) is 2.41. The van der Waals surface area contributed by atoms with Gasteiger partial charge in [-0.1, -0.05) is 13.8 Å². The maximum absolute atomic E-state index is 5.97. The summed E-state index contributed by atoms with van der Waals surface area (Å²) in [4.78, 5) is 11.0. The van der Waals surface area contributed by atoms with Gasteiger partial charge in [0.2, 0.25) is 5.88 Å². The van der Waals surface area contributed by atoms with E-state index in [1.54, 1.807) is 12.4 Å². The average Bonchev–Trinajstić information content (AvgIpc) is 3.05. The number of nitrogens with zero attached hydrogens (tertiary/aromatic N) is 4. The highest BCUT2D eigenvalue weighted by atomic mass is 16.5. The topological polar surface area (TPSA) is 79.0 Å². The molecule has 0 radical (unpaired) electrons. The molecule has 2 aromatic heterocycles. The number of aromatic amines is 1. The van der Waals surface area contributed by atoms with E-state index in [1.807, 2.05) is 6.07 Å². The summed E-state index contributed by atoms with van der Waals surface area (Å²) >= 11 is 0. The molecule has 24 heavy (non-hydrogen) atoms. The molecule has 1 unspecified atom stereocenters. The molecule has 3 heterocycles. The molecular formula is C17H26N6O. The van der Waals surface area contributed by atoms with E-state index in [-0.39, 0.29) is 6.10 Å². The maximum atomic E-state index is 5.97. The van der Waals surface area contributed by atoms with Crippen molar-refractivity contribution in [3.63, 3.8) is 0 Å². The first-order valence-corrected chi connectivity index (χ1v) is 8.63. The fourth-order valence-electron chi connectivity index (χ4n) is 2.74. The van der Waals surface area contributed by atoms with Gasteiger partial charge in [0.15, 0.2) is 11.6 Å². The fraction of sp³-hybridized carbons (Fsp3) is 0.588. The van der Waals surface area contributed by atoms with E-state index in [2.05, 4.69) is 51.3 Å². The Morgan fingerprint density at radius 1 is 1.33 bits per heavy atom. The minimum absolute atomic E-state index is 0.216. The predicted octanol–water partition coefficient (Wildman–Crippen LogP) is 2.93. The SMILES string of the molecule is CCC(C)c1cc(Nc2cncc(OC3CCN(C)CC3)n2)n[nH]1. The molecule has 1 saturated heterocycles. The molecule has 0 saturated carbocycles. The number of aromatic nitrogens is 4. The van der Waals surface area contributed by atoms with Gasteiger partial charge in [0, 0.05) is 24.8 Å². The second-order valence-corrected chi connectivity index (χ2v) is 6.51. The van der Waals surface area contributed by atoms with Crippen molar-refractivity contribution in [2.45, 2.75) is 45.1 Å². The second kappa shape index (κ2) is 7.61. The summed E-state index contributed by atoms with van der Waals surface area (Å²) in [6, 6.07) is 2.01. The molecular weight excluding hydrogens is 304 g/mol. The smallest absolute Gasteiger partial charge is 0.234 e. The minimum Gasteiger partial charge on any atom is -0.473 e. The summed E-state index contributed by atoms with van der Waals surface area (Å²) in [5.41, 5.74) is 1.12. The molecule has 0 bridgehead atoms. The Morgan fingerprint density at radius 3 is 2.88 bits per heavy atom. The second-order valence-electron chi connectivity index (χ2n) is 6.51. The van der Waals surface area contributed by atoms with Crippen molar-refractivity contribution < 1.29 is 4.74 Å². The molecule has 7 nitrogen and oxygen atoms in total. The number of H-pyrrole nitrogens is 1.